The van der Waals surface area contributed by atoms with Crippen LogP contribution in [-0.2, 0) is 0 Å². The molecule has 8 heteroatoms. The third-order valence-corrected chi connectivity index (χ3v) is 6.74. The summed E-state index contributed by atoms with van der Waals surface area (Å²) in [5.74, 6) is 0.693. The standard InChI is InChI=1S/C26H27N7O/c34-26(29-20-6-8-24(28-16-20)33-11-3-4-12-33)25-22-14-18(5-7-23(22)30-31-25)19-13-21(17-27-15-19)32-9-1-2-10-32/h5-8,13-17H,1-4,9-12H2,(H,29,34)(H,30,31). The van der Waals surface area contributed by atoms with E-state index in [1.54, 1.807) is 6.20 Å². The van der Waals surface area contributed by atoms with E-state index in [-0.39, 0.29) is 5.91 Å². The fourth-order valence-electron chi connectivity index (χ4n) is 4.88. The number of benzene rings is 1. The average Bonchev–Trinajstić information content (AvgIpc) is 3.66. The Hall–Kier alpha value is -3.94. The maximum Gasteiger partial charge on any atom is 0.276 e. The molecule has 2 aliphatic heterocycles. The molecule has 8 nitrogen and oxygen atoms in total. The number of anilines is 3. The molecule has 2 fully saturated rings. The van der Waals surface area contributed by atoms with Crippen molar-refractivity contribution in [3.63, 3.8) is 0 Å². The molecule has 3 aromatic heterocycles. The van der Waals surface area contributed by atoms with Crippen molar-refractivity contribution >= 4 is 34.0 Å². The van der Waals surface area contributed by atoms with Crippen molar-refractivity contribution in [1.82, 2.24) is 20.2 Å². The highest BCUT2D eigenvalue weighted by Crippen LogP contribution is 2.29. The lowest BCUT2D eigenvalue weighted by molar-refractivity contribution is 0.102. The Morgan fingerprint density at radius 1 is 0.853 bits per heavy atom. The first-order valence-corrected chi connectivity index (χ1v) is 12.0. The van der Waals surface area contributed by atoms with Crippen LogP contribution in [0.15, 0.2) is 55.0 Å². The maximum absolute atomic E-state index is 13.1. The maximum atomic E-state index is 13.1. The summed E-state index contributed by atoms with van der Waals surface area (Å²) in [6, 6.07) is 12.0. The van der Waals surface area contributed by atoms with Gasteiger partial charge in [0.25, 0.3) is 5.91 Å². The van der Waals surface area contributed by atoms with Gasteiger partial charge < -0.3 is 15.1 Å². The van der Waals surface area contributed by atoms with E-state index < -0.39 is 0 Å². The molecule has 2 N–H and O–H groups in total. The summed E-state index contributed by atoms with van der Waals surface area (Å²) in [6.45, 7) is 4.22. The van der Waals surface area contributed by atoms with Crippen LogP contribution in [0.5, 0.6) is 0 Å². The molecule has 0 radical (unpaired) electrons. The summed E-state index contributed by atoms with van der Waals surface area (Å²) in [5, 5.41) is 11.0. The number of rotatable bonds is 5. The van der Waals surface area contributed by atoms with Crippen molar-refractivity contribution < 1.29 is 4.79 Å². The molecular formula is C26H27N7O. The third-order valence-electron chi connectivity index (χ3n) is 6.74. The van der Waals surface area contributed by atoms with Gasteiger partial charge in [0.05, 0.1) is 29.3 Å². The monoisotopic (exact) mass is 453 g/mol. The average molecular weight is 454 g/mol. The molecule has 1 amide bonds. The van der Waals surface area contributed by atoms with Crippen molar-refractivity contribution in [2.24, 2.45) is 0 Å². The lowest BCUT2D eigenvalue weighted by Crippen LogP contribution is -2.19. The van der Waals surface area contributed by atoms with Crippen LogP contribution >= 0.6 is 0 Å². The number of amides is 1. The van der Waals surface area contributed by atoms with Gasteiger partial charge in [-0.05, 0) is 61.6 Å². The summed E-state index contributed by atoms with van der Waals surface area (Å²) in [6.07, 6.45) is 10.4. The van der Waals surface area contributed by atoms with Crippen molar-refractivity contribution in [3.05, 3.63) is 60.7 Å². The number of aromatic amines is 1. The molecule has 0 aliphatic carbocycles. The zero-order valence-corrected chi connectivity index (χ0v) is 19.0. The van der Waals surface area contributed by atoms with E-state index in [0.29, 0.717) is 11.4 Å². The molecule has 34 heavy (non-hydrogen) atoms. The first-order valence-electron chi connectivity index (χ1n) is 12.0. The number of fused-ring (bicyclic) bond motifs is 1. The predicted octanol–water partition coefficient (Wildman–Crippen LogP) is 4.47. The minimum absolute atomic E-state index is 0.261. The summed E-state index contributed by atoms with van der Waals surface area (Å²) < 4.78 is 0. The molecular weight excluding hydrogens is 426 g/mol. The van der Waals surface area contributed by atoms with Crippen molar-refractivity contribution in [1.29, 1.82) is 0 Å². The number of hydrogen-bond acceptors (Lipinski definition) is 6. The number of pyridine rings is 2. The Labute approximate surface area is 198 Å². The van der Waals surface area contributed by atoms with Gasteiger partial charge in [0, 0.05) is 43.3 Å². The molecule has 2 saturated heterocycles. The minimum atomic E-state index is -0.261. The Kier molecular flexibility index (Phi) is 5.33. The molecule has 1 aromatic carbocycles. The van der Waals surface area contributed by atoms with Crippen LogP contribution in [0.1, 0.15) is 36.2 Å². The van der Waals surface area contributed by atoms with E-state index in [2.05, 4.69) is 41.3 Å². The molecule has 2 aliphatic rings. The van der Waals surface area contributed by atoms with Crippen LogP contribution in [0.2, 0.25) is 0 Å². The van der Waals surface area contributed by atoms with Crippen molar-refractivity contribution in [3.8, 4) is 11.1 Å². The molecule has 0 atom stereocenters. The van der Waals surface area contributed by atoms with Gasteiger partial charge in [0.1, 0.15) is 5.82 Å². The van der Waals surface area contributed by atoms with Crippen LogP contribution < -0.4 is 15.1 Å². The van der Waals surface area contributed by atoms with Gasteiger partial charge in [-0.15, -0.1) is 0 Å². The number of nitrogens with zero attached hydrogens (tertiary/aromatic N) is 5. The molecule has 0 bridgehead atoms. The molecule has 5 heterocycles. The van der Waals surface area contributed by atoms with Crippen LogP contribution in [0.25, 0.3) is 22.0 Å². The van der Waals surface area contributed by atoms with Gasteiger partial charge in [-0.3, -0.25) is 14.9 Å². The van der Waals surface area contributed by atoms with Gasteiger partial charge in [-0.25, -0.2) is 4.98 Å². The van der Waals surface area contributed by atoms with Crippen molar-refractivity contribution in [2.45, 2.75) is 25.7 Å². The molecule has 6 rings (SSSR count). The second-order valence-corrected chi connectivity index (χ2v) is 9.01. The zero-order chi connectivity index (χ0) is 22.9. The number of H-pyrrole nitrogens is 1. The first kappa shape index (κ1) is 20.7. The van der Waals surface area contributed by atoms with E-state index in [0.717, 1.165) is 59.7 Å². The van der Waals surface area contributed by atoms with Gasteiger partial charge in [-0.1, -0.05) is 6.07 Å². The number of hydrogen-bond donors (Lipinski definition) is 2. The number of aromatic nitrogens is 4. The smallest absolute Gasteiger partial charge is 0.276 e. The summed E-state index contributed by atoms with van der Waals surface area (Å²) in [4.78, 5) is 26.7. The van der Waals surface area contributed by atoms with Crippen LogP contribution in [0, 0.1) is 0 Å². The van der Waals surface area contributed by atoms with Crippen molar-refractivity contribution in [2.75, 3.05) is 41.3 Å². The minimum Gasteiger partial charge on any atom is -0.370 e. The Balaban J connectivity index is 1.24. The van der Waals surface area contributed by atoms with Gasteiger partial charge in [0.15, 0.2) is 5.69 Å². The largest absolute Gasteiger partial charge is 0.370 e. The van der Waals surface area contributed by atoms with E-state index in [9.17, 15) is 4.79 Å². The normalized spacial score (nSPS) is 15.9. The lowest BCUT2D eigenvalue weighted by Gasteiger charge is -2.17. The van der Waals surface area contributed by atoms with E-state index >= 15 is 0 Å². The van der Waals surface area contributed by atoms with Gasteiger partial charge in [-0.2, -0.15) is 5.10 Å². The molecule has 0 saturated carbocycles. The number of carbonyl (C=O) groups excluding carboxylic acids is 1. The predicted molar refractivity (Wildman–Crippen MR) is 134 cm³/mol. The van der Waals surface area contributed by atoms with E-state index in [1.807, 2.05) is 42.7 Å². The number of nitrogens with one attached hydrogen (secondary N) is 2. The summed E-state index contributed by atoms with van der Waals surface area (Å²) in [5.41, 5.74) is 5.02. The first-order chi connectivity index (χ1) is 16.7. The topological polar surface area (TPSA) is 90.0 Å². The fourth-order valence-corrected chi connectivity index (χ4v) is 4.88. The second kappa shape index (κ2) is 8.78. The van der Waals surface area contributed by atoms with E-state index in [4.69, 9.17) is 0 Å². The Morgan fingerprint density at radius 3 is 2.41 bits per heavy atom. The highest BCUT2D eigenvalue weighted by atomic mass is 16.1. The van der Waals surface area contributed by atoms with Crippen LogP contribution in [0.4, 0.5) is 17.2 Å². The second-order valence-electron chi connectivity index (χ2n) is 9.01. The van der Waals surface area contributed by atoms with Gasteiger partial charge >= 0.3 is 0 Å². The van der Waals surface area contributed by atoms with Crippen LogP contribution in [-0.4, -0.2) is 52.3 Å². The Morgan fingerprint density at radius 2 is 1.65 bits per heavy atom. The molecule has 0 unspecified atom stereocenters. The summed E-state index contributed by atoms with van der Waals surface area (Å²) >= 11 is 0. The Bertz CT molecular complexity index is 1320. The fraction of sp³-hybridized carbons (Fsp3) is 0.308. The van der Waals surface area contributed by atoms with E-state index in [1.165, 1.54) is 25.7 Å². The third kappa shape index (κ3) is 3.96. The quantitative estimate of drug-likeness (QED) is 0.463. The molecule has 172 valence electrons. The highest BCUT2D eigenvalue weighted by molar-refractivity contribution is 6.11. The summed E-state index contributed by atoms with van der Waals surface area (Å²) in [7, 11) is 0. The van der Waals surface area contributed by atoms with Gasteiger partial charge in [0.2, 0.25) is 0 Å². The molecule has 4 aromatic rings. The lowest BCUT2D eigenvalue weighted by atomic mass is 10.0. The SMILES string of the molecule is O=C(Nc1ccc(N2CCCC2)nc1)c1n[nH]c2ccc(-c3cncc(N4CCCC4)c3)cc12. The number of carbonyl (C=O) groups is 1. The zero-order valence-electron chi connectivity index (χ0n) is 19.0. The molecule has 0 spiro atoms. The highest BCUT2D eigenvalue weighted by Gasteiger charge is 2.18. The van der Waals surface area contributed by atoms with Crippen LogP contribution in [0.3, 0.4) is 0 Å².